The molecule has 0 aliphatic carbocycles. The van der Waals surface area contributed by atoms with Crippen LogP contribution in [0, 0.1) is 0 Å². The molecule has 1 fully saturated rings. The molecule has 27 heavy (non-hydrogen) atoms. The van der Waals surface area contributed by atoms with Crippen molar-refractivity contribution in [2.24, 2.45) is 0 Å². The zero-order valence-corrected chi connectivity index (χ0v) is 17.2. The number of benzene rings is 1. The van der Waals surface area contributed by atoms with Crippen molar-refractivity contribution in [1.82, 2.24) is 15.1 Å². The molecule has 1 heterocycles. The van der Waals surface area contributed by atoms with E-state index in [1.165, 1.54) is 0 Å². The fourth-order valence-corrected chi connectivity index (χ4v) is 4.18. The Morgan fingerprint density at radius 2 is 1.89 bits per heavy atom. The number of sulfonamides is 1. The second-order valence-electron chi connectivity index (χ2n) is 7.11. The van der Waals surface area contributed by atoms with Gasteiger partial charge in [-0.25, -0.2) is 8.42 Å². The molecule has 1 amide bonds. The molecule has 0 radical (unpaired) electrons. The molecule has 2 rings (SSSR count). The molecule has 0 spiro atoms. The second kappa shape index (κ2) is 10.6. The van der Waals surface area contributed by atoms with E-state index in [2.05, 4.69) is 26.9 Å². The van der Waals surface area contributed by atoms with Gasteiger partial charge in [0.15, 0.2) is 0 Å². The van der Waals surface area contributed by atoms with E-state index in [1.54, 1.807) is 24.3 Å². The quantitative estimate of drug-likeness (QED) is 0.587. The standard InChI is InChI=1S/C19H32N4O3S/c1-3-15-27(25,26)21-18-8-6-7-17(16-18)19(24)20-9-4-5-10-23-13-11-22(2)12-14-23/h6-8,16,21H,3-5,9-15H2,1-2H3,(H,20,24). The van der Waals surface area contributed by atoms with Gasteiger partial charge in [-0.1, -0.05) is 13.0 Å². The predicted octanol–water partition coefficient (Wildman–Crippen LogP) is 1.60. The molecular formula is C19H32N4O3S. The first-order chi connectivity index (χ1) is 12.9. The van der Waals surface area contributed by atoms with Gasteiger partial charge in [0.1, 0.15) is 0 Å². The molecule has 1 aliphatic heterocycles. The van der Waals surface area contributed by atoms with Gasteiger partial charge in [0.2, 0.25) is 10.0 Å². The zero-order chi connectivity index (χ0) is 19.7. The highest BCUT2D eigenvalue weighted by Crippen LogP contribution is 2.13. The van der Waals surface area contributed by atoms with Crippen LogP contribution in [-0.2, 0) is 10.0 Å². The summed E-state index contributed by atoms with van der Waals surface area (Å²) in [7, 11) is -1.21. The van der Waals surface area contributed by atoms with E-state index in [1.807, 2.05) is 6.92 Å². The topological polar surface area (TPSA) is 81.7 Å². The van der Waals surface area contributed by atoms with Crippen molar-refractivity contribution in [3.8, 4) is 0 Å². The summed E-state index contributed by atoms with van der Waals surface area (Å²) in [6, 6.07) is 6.61. The van der Waals surface area contributed by atoms with Crippen LogP contribution in [0.25, 0.3) is 0 Å². The lowest BCUT2D eigenvalue weighted by molar-refractivity contribution is 0.0952. The minimum Gasteiger partial charge on any atom is -0.352 e. The minimum atomic E-state index is -3.36. The summed E-state index contributed by atoms with van der Waals surface area (Å²) in [5, 5.41) is 2.92. The van der Waals surface area contributed by atoms with Gasteiger partial charge >= 0.3 is 0 Å². The molecule has 152 valence electrons. The van der Waals surface area contributed by atoms with Crippen LogP contribution in [0.5, 0.6) is 0 Å². The number of hydrogen-bond donors (Lipinski definition) is 2. The Balaban J connectivity index is 1.72. The molecule has 0 bridgehead atoms. The lowest BCUT2D eigenvalue weighted by Gasteiger charge is -2.32. The maximum Gasteiger partial charge on any atom is 0.251 e. The van der Waals surface area contributed by atoms with Crippen LogP contribution >= 0.6 is 0 Å². The van der Waals surface area contributed by atoms with Crippen LogP contribution < -0.4 is 10.0 Å². The molecule has 0 aromatic heterocycles. The van der Waals surface area contributed by atoms with Crippen molar-refractivity contribution < 1.29 is 13.2 Å². The van der Waals surface area contributed by atoms with E-state index in [4.69, 9.17) is 0 Å². The van der Waals surface area contributed by atoms with E-state index in [0.717, 1.165) is 45.6 Å². The van der Waals surface area contributed by atoms with Crippen molar-refractivity contribution in [2.75, 3.05) is 56.8 Å². The minimum absolute atomic E-state index is 0.0662. The normalized spacial score (nSPS) is 16.2. The molecule has 1 aliphatic rings. The van der Waals surface area contributed by atoms with Gasteiger partial charge in [-0.15, -0.1) is 0 Å². The average molecular weight is 397 g/mol. The van der Waals surface area contributed by atoms with Crippen molar-refractivity contribution in [3.05, 3.63) is 29.8 Å². The van der Waals surface area contributed by atoms with Crippen molar-refractivity contribution in [1.29, 1.82) is 0 Å². The SMILES string of the molecule is CCCS(=O)(=O)Nc1cccc(C(=O)NCCCCN2CCN(C)CC2)c1. The number of nitrogens with zero attached hydrogens (tertiary/aromatic N) is 2. The molecule has 7 nitrogen and oxygen atoms in total. The monoisotopic (exact) mass is 396 g/mol. The molecular weight excluding hydrogens is 364 g/mol. The van der Waals surface area contributed by atoms with Crippen molar-refractivity contribution in [2.45, 2.75) is 26.2 Å². The van der Waals surface area contributed by atoms with Crippen molar-refractivity contribution >= 4 is 21.6 Å². The first-order valence-electron chi connectivity index (χ1n) is 9.69. The fourth-order valence-electron chi connectivity index (χ4n) is 3.06. The number of amides is 1. The number of rotatable bonds is 10. The highest BCUT2D eigenvalue weighted by molar-refractivity contribution is 7.92. The first-order valence-corrected chi connectivity index (χ1v) is 11.3. The molecule has 1 saturated heterocycles. The summed E-state index contributed by atoms with van der Waals surface area (Å²) in [5.41, 5.74) is 0.886. The third-order valence-corrected chi connectivity index (χ3v) is 6.15. The van der Waals surface area contributed by atoms with Gasteiger partial charge in [0, 0.05) is 44.0 Å². The average Bonchev–Trinajstić information content (AvgIpc) is 2.62. The molecule has 0 atom stereocenters. The van der Waals surface area contributed by atoms with Gasteiger partial charge in [-0.05, 0) is 51.1 Å². The summed E-state index contributed by atoms with van der Waals surface area (Å²) in [6.45, 7) is 7.97. The van der Waals surface area contributed by atoms with Crippen LogP contribution in [0.3, 0.4) is 0 Å². The number of anilines is 1. The van der Waals surface area contributed by atoms with Crippen LogP contribution in [0.15, 0.2) is 24.3 Å². The Hall–Kier alpha value is -1.64. The Labute approximate surface area is 163 Å². The highest BCUT2D eigenvalue weighted by Gasteiger charge is 2.13. The number of carbonyl (C=O) groups is 1. The van der Waals surface area contributed by atoms with Crippen molar-refractivity contribution in [3.63, 3.8) is 0 Å². The molecule has 0 saturated carbocycles. The Morgan fingerprint density at radius 3 is 2.59 bits per heavy atom. The lowest BCUT2D eigenvalue weighted by atomic mass is 10.2. The molecule has 1 aromatic rings. The van der Waals surface area contributed by atoms with Crippen LogP contribution in [-0.4, -0.2) is 76.2 Å². The maximum absolute atomic E-state index is 12.3. The van der Waals surface area contributed by atoms with Crippen LogP contribution in [0.2, 0.25) is 0 Å². The van der Waals surface area contributed by atoms with Gasteiger partial charge in [-0.3, -0.25) is 9.52 Å². The Morgan fingerprint density at radius 1 is 1.15 bits per heavy atom. The molecule has 1 aromatic carbocycles. The molecule has 2 N–H and O–H groups in total. The number of nitrogens with one attached hydrogen (secondary N) is 2. The first kappa shape index (κ1) is 21.7. The van der Waals surface area contributed by atoms with Gasteiger partial charge in [0.25, 0.3) is 5.91 Å². The molecule has 0 unspecified atom stereocenters. The second-order valence-corrected chi connectivity index (χ2v) is 8.95. The lowest BCUT2D eigenvalue weighted by Crippen LogP contribution is -2.44. The summed E-state index contributed by atoms with van der Waals surface area (Å²) in [4.78, 5) is 17.1. The number of carbonyl (C=O) groups excluding carboxylic acids is 1. The van der Waals surface area contributed by atoms with Gasteiger partial charge in [0.05, 0.1) is 5.75 Å². The smallest absolute Gasteiger partial charge is 0.251 e. The zero-order valence-electron chi connectivity index (χ0n) is 16.4. The summed E-state index contributed by atoms with van der Waals surface area (Å²) >= 11 is 0. The van der Waals surface area contributed by atoms with E-state index in [-0.39, 0.29) is 11.7 Å². The largest absolute Gasteiger partial charge is 0.352 e. The van der Waals surface area contributed by atoms with E-state index >= 15 is 0 Å². The van der Waals surface area contributed by atoms with Gasteiger partial charge < -0.3 is 15.1 Å². The summed E-state index contributed by atoms with van der Waals surface area (Å²) in [5.74, 6) is -0.109. The predicted molar refractivity (Wildman–Crippen MR) is 110 cm³/mol. The Bertz CT molecular complexity index is 701. The number of hydrogen-bond acceptors (Lipinski definition) is 5. The highest BCUT2D eigenvalue weighted by atomic mass is 32.2. The Kier molecular flexibility index (Phi) is 8.53. The number of piperazine rings is 1. The van der Waals surface area contributed by atoms with E-state index in [9.17, 15) is 13.2 Å². The third-order valence-electron chi connectivity index (χ3n) is 4.65. The van der Waals surface area contributed by atoms with E-state index < -0.39 is 10.0 Å². The van der Waals surface area contributed by atoms with Crippen LogP contribution in [0.1, 0.15) is 36.5 Å². The third kappa shape index (κ3) is 7.86. The number of likely N-dealkylation sites (N-methyl/N-ethyl adjacent to an activating group) is 1. The number of unbranched alkanes of at least 4 members (excludes halogenated alkanes) is 1. The fraction of sp³-hybridized carbons (Fsp3) is 0.632. The summed E-state index contributed by atoms with van der Waals surface area (Å²) in [6.07, 6.45) is 2.53. The summed E-state index contributed by atoms with van der Waals surface area (Å²) < 4.78 is 26.2. The maximum atomic E-state index is 12.3. The van der Waals surface area contributed by atoms with E-state index in [0.29, 0.717) is 24.2 Å². The van der Waals surface area contributed by atoms with Gasteiger partial charge in [-0.2, -0.15) is 0 Å². The molecule has 8 heteroatoms. The van der Waals surface area contributed by atoms with Crippen LogP contribution in [0.4, 0.5) is 5.69 Å².